The summed E-state index contributed by atoms with van der Waals surface area (Å²) < 4.78 is 11.9. The fourth-order valence-corrected chi connectivity index (χ4v) is 2.96. The van der Waals surface area contributed by atoms with Crippen molar-refractivity contribution < 1.29 is 14.3 Å². The monoisotopic (exact) mass is 375 g/mol. The number of hydrogen-bond acceptors (Lipinski definition) is 3. The second-order valence-corrected chi connectivity index (χ2v) is 6.26. The van der Waals surface area contributed by atoms with Crippen LogP contribution in [0.1, 0.15) is 31.4 Å². The van der Waals surface area contributed by atoms with Crippen molar-refractivity contribution in [2.24, 2.45) is 0 Å². The molecule has 1 atom stereocenters. The van der Waals surface area contributed by atoms with Gasteiger partial charge in [-0.1, -0.05) is 46.9 Å². The van der Waals surface area contributed by atoms with Gasteiger partial charge in [-0.25, -0.2) is 4.79 Å². The highest BCUT2D eigenvalue weighted by molar-refractivity contribution is 9.10. The van der Waals surface area contributed by atoms with Gasteiger partial charge in [-0.2, -0.15) is 0 Å². The van der Waals surface area contributed by atoms with Gasteiger partial charge in [0.1, 0.15) is 6.10 Å². The number of nitrogens with zero attached hydrogens (tertiary/aromatic N) is 1. The van der Waals surface area contributed by atoms with Gasteiger partial charge in [0, 0.05) is 21.6 Å². The molecule has 4 nitrogen and oxygen atoms in total. The number of morpholine rings is 1. The van der Waals surface area contributed by atoms with Crippen molar-refractivity contribution in [2.75, 3.05) is 26.3 Å². The van der Waals surface area contributed by atoms with Crippen LogP contribution in [0.5, 0.6) is 0 Å². The average molecular weight is 377 g/mol. The molecule has 0 N–H and O–H groups in total. The van der Waals surface area contributed by atoms with Crippen molar-refractivity contribution in [3.63, 3.8) is 0 Å². The van der Waals surface area contributed by atoms with E-state index in [0.29, 0.717) is 31.3 Å². The third-order valence-electron chi connectivity index (χ3n) is 3.36. The second kappa shape index (κ2) is 8.01. The van der Waals surface area contributed by atoms with E-state index >= 15 is 0 Å². The molecule has 1 fully saturated rings. The van der Waals surface area contributed by atoms with Crippen LogP contribution in [-0.2, 0) is 9.47 Å². The third kappa shape index (κ3) is 4.59. The van der Waals surface area contributed by atoms with Crippen LogP contribution in [0.2, 0.25) is 5.02 Å². The van der Waals surface area contributed by atoms with E-state index in [-0.39, 0.29) is 12.2 Å². The number of ether oxygens (including phenoxy) is 2. The minimum absolute atomic E-state index is 0.210. The zero-order valence-corrected chi connectivity index (χ0v) is 14.3. The van der Waals surface area contributed by atoms with Crippen molar-refractivity contribution in [3.8, 4) is 0 Å². The van der Waals surface area contributed by atoms with E-state index in [1.165, 1.54) is 0 Å². The molecule has 0 bridgehead atoms. The fourth-order valence-electron chi connectivity index (χ4n) is 2.16. The van der Waals surface area contributed by atoms with Gasteiger partial charge in [-0.3, -0.25) is 0 Å². The molecule has 1 aliphatic heterocycles. The maximum atomic E-state index is 12.0. The predicted molar refractivity (Wildman–Crippen MR) is 85.7 cm³/mol. The number of carbonyl (C=O) groups excluding carboxylic acids is 1. The lowest BCUT2D eigenvalue weighted by molar-refractivity contribution is -0.0286. The first-order valence-corrected chi connectivity index (χ1v) is 8.27. The van der Waals surface area contributed by atoms with Crippen LogP contribution >= 0.6 is 27.5 Å². The maximum absolute atomic E-state index is 12.0. The van der Waals surface area contributed by atoms with Gasteiger partial charge in [0.15, 0.2) is 0 Å². The summed E-state index contributed by atoms with van der Waals surface area (Å²) >= 11 is 9.63. The Morgan fingerprint density at radius 1 is 1.57 bits per heavy atom. The molecule has 0 aromatic heterocycles. The van der Waals surface area contributed by atoms with Crippen molar-refractivity contribution in [3.05, 3.63) is 33.3 Å². The Morgan fingerprint density at radius 2 is 2.38 bits per heavy atom. The van der Waals surface area contributed by atoms with Crippen molar-refractivity contribution >= 4 is 33.6 Å². The number of unbranched alkanes of at least 4 members (excludes halogenated alkanes) is 1. The van der Waals surface area contributed by atoms with Gasteiger partial charge < -0.3 is 14.4 Å². The largest absolute Gasteiger partial charge is 0.449 e. The van der Waals surface area contributed by atoms with Crippen molar-refractivity contribution in [1.29, 1.82) is 0 Å². The Bertz CT molecular complexity index is 498. The highest BCUT2D eigenvalue weighted by Crippen LogP contribution is 2.30. The van der Waals surface area contributed by atoms with E-state index in [0.717, 1.165) is 22.9 Å². The number of rotatable bonds is 4. The second-order valence-electron chi connectivity index (χ2n) is 4.94. The van der Waals surface area contributed by atoms with E-state index in [1.54, 1.807) is 4.90 Å². The number of benzene rings is 1. The van der Waals surface area contributed by atoms with Gasteiger partial charge in [-0.15, -0.1) is 0 Å². The zero-order chi connectivity index (χ0) is 15.2. The van der Waals surface area contributed by atoms with Gasteiger partial charge >= 0.3 is 6.09 Å². The van der Waals surface area contributed by atoms with Crippen LogP contribution < -0.4 is 0 Å². The normalized spacial score (nSPS) is 18.6. The molecule has 1 amide bonds. The lowest BCUT2D eigenvalue weighted by Gasteiger charge is -2.32. The highest BCUT2D eigenvalue weighted by Gasteiger charge is 2.27. The molecule has 2 rings (SSSR count). The molecule has 1 aromatic carbocycles. The van der Waals surface area contributed by atoms with Gasteiger partial charge in [0.05, 0.1) is 19.8 Å². The number of hydrogen-bond donors (Lipinski definition) is 0. The number of carbonyl (C=O) groups is 1. The van der Waals surface area contributed by atoms with E-state index in [9.17, 15) is 4.79 Å². The summed E-state index contributed by atoms with van der Waals surface area (Å²) in [6.07, 6.45) is 1.41. The molecule has 6 heteroatoms. The first-order valence-electron chi connectivity index (χ1n) is 7.10. The average Bonchev–Trinajstić information content (AvgIpc) is 2.47. The topological polar surface area (TPSA) is 38.8 Å². The van der Waals surface area contributed by atoms with Crippen molar-refractivity contribution in [1.82, 2.24) is 4.90 Å². The molecule has 116 valence electrons. The molecular formula is C15H19BrClNO3. The summed E-state index contributed by atoms with van der Waals surface area (Å²) in [6.45, 7) is 4.03. The predicted octanol–water partition coefficient (Wildman–Crippen LogP) is 4.41. The Morgan fingerprint density at radius 3 is 3.10 bits per heavy atom. The summed E-state index contributed by atoms with van der Waals surface area (Å²) in [4.78, 5) is 13.7. The van der Waals surface area contributed by atoms with Gasteiger partial charge in [-0.05, 0) is 18.6 Å². The first-order chi connectivity index (χ1) is 10.1. The Balaban J connectivity index is 1.98. The highest BCUT2D eigenvalue weighted by atomic mass is 79.9. The first kappa shape index (κ1) is 16.6. The van der Waals surface area contributed by atoms with E-state index in [2.05, 4.69) is 22.9 Å². The van der Waals surface area contributed by atoms with Crippen LogP contribution in [-0.4, -0.2) is 37.3 Å². The van der Waals surface area contributed by atoms with Crippen LogP contribution in [0.25, 0.3) is 0 Å². The standard InChI is InChI=1S/C15H19BrClNO3/c1-2-3-7-21-15(19)18-6-8-20-14(10-18)12-5-4-11(16)9-13(12)17/h4-5,9,14H,2-3,6-8,10H2,1H3. The fraction of sp³-hybridized carbons (Fsp3) is 0.533. The summed E-state index contributed by atoms with van der Waals surface area (Å²) in [5, 5.41) is 0.635. The maximum Gasteiger partial charge on any atom is 0.409 e. The molecule has 1 aliphatic rings. The van der Waals surface area contributed by atoms with Crippen molar-refractivity contribution in [2.45, 2.75) is 25.9 Å². The molecule has 1 aromatic rings. The third-order valence-corrected chi connectivity index (χ3v) is 4.18. The quantitative estimate of drug-likeness (QED) is 0.731. The molecule has 0 radical (unpaired) electrons. The van der Waals surface area contributed by atoms with Crippen LogP contribution in [0, 0.1) is 0 Å². The lowest BCUT2D eigenvalue weighted by Crippen LogP contribution is -2.42. The van der Waals surface area contributed by atoms with Gasteiger partial charge in [0.2, 0.25) is 0 Å². The minimum atomic E-state index is -0.273. The molecule has 0 aliphatic carbocycles. The Kier molecular flexibility index (Phi) is 6.33. The number of halogens is 2. The molecule has 0 saturated carbocycles. The molecule has 1 unspecified atom stereocenters. The van der Waals surface area contributed by atoms with Crippen LogP contribution in [0.4, 0.5) is 4.79 Å². The lowest BCUT2D eigenvalue weighted by atomic mass is 10.1. The summed E-state index contributed by atoms with van der Waals surface area (Å²) in [7, 11) is 0. The molecule has 1 heterocycles. The summed E-state index contributed by atoms with van der Waals surface area (Å²) in [5.41, 5.74) is 0.894. The summed E-state index contributed by atoms with van der Waals surface area (Å²) in [5.74, 6) is 0. The van der Waals surface area contributed by atoms with Gasteiger partial charge in [0.25, 0.3) is 0 Å². The molecular weight excluding hydrogens is 358 g/mol. The minimum Gasteiger partial charge on any atom is -0.449 e. The Hall–Kier alpha value is -0.780. The Labute approximate surface area is 138 Å². The van der Waals surface area contributed by atoms with Crippen LogP contribution in [0.15, 0.2) is 22.7 Å². The van der Waals surface area contributed by atoms with Crippen LogP contribution in [0.3, 0.4) is 0 Å². The van der Waals surface area contributed by atoms with E-state index in [4.69, 9.17) is 21.1 Å². The molecule has 21 heavy (non-hydrogen) atoms. The van der Waals surface area contributed by atoms with E-state index < -0.39 is 0 Å². The SMILES string of the molecule is CCCCOC(=O)N1CCOC(c2ccc(Br)cc2Cl)C1. The number of amides is 1. The smallest absolute Gasteiger partial charge is 0.409 e. The summed E-state index contributed by atoms with van der Waals surface area (Å²) in [6, 6.07) is 5.67. The molecule has 1 saturated heterocycles. The van der Waals surface area contributed by atoms with E-state index in [1.807, 2.05) is 18.2 Å². The molecule has 0 spiro atoms. The zero-order valence-electron chi connectivity index (χ0n) is 12.0.